The fraction of sp³-hybridized carbons (Fsp3) is 0.222. The topological polar surface area (TPSA) is 29.4 Å². The van der Waals surface area contributed by atoms with E-state index in [9.17, 15) is 4.79 Å². The molecule has 3 heteroatoms. The van der Waals surface area contributed by atoms with Gasteiger partial charge in [-0.05, 0) is 17.9 Å². The van der Waals surface area contributed by atoms with Crippen molar-refractivity contribution in [2.45, 2.75) is 11.4 Å². The predicted octanol–water partition coefficient (Wildman–Crippen LogP) is 2.24. The summed E-state index contributed by atoms with van der Waals surface area (Å²) in [6.07, 6.45) is 3.54. The highest BCUT2D eigenvalue weighted by Crippen LogP contribution is 2.19. The summed E-state index contributed by atoms with van der Waals surface area (Å²) in [6, 6.07) is 7.89. The molecule has 0 atom stereocenters. The number of benzene rings is 1. The quantitative estimate of drug-likeness (QED) is 0.404. The molecule has 1 aromatic carbocycles. The number of hydrogen-bond acceptors (Lipinski definition) is 3. The molecule has 0 unspecified atom stereocenters. The van der Waals surface area contributed by atoms with E-state index in [1.807, 2.05) is 30.5 Å². The summed E-state index contributed by atoms with van der Waals surface area (Å²) in [6.45, 7) is 0.431. The molecule has 0 N–H and O–H groups in total. The molecule has 0 aliphatic heterocycles. The van der Waals surface area contributed by atoms with Gasteiger partial charge in [0.1, 0.15) is 0 Å². The fourth-order valence-electron chi connectivity index (χ4n) is 0.951. The largest absolute Gasteiger partial charge is 0.235 e. The Morgan fingerprint density at radius 2 is 2.25 bits per heavy atom. The Morgan fingerprint density at radius 3 is 2.92 bits per heavy atom. The maximum absolute atomic E-state index is 9.88. The molecule has 2 nitrogen and oxygen atoms in total. The summed E-state index contributed by atoms with van der Waals surface area (Å²) < 4.78 is 0. The van der Waals surface area contributed by atoms with Gasteiger partial charge in [-0.15, -0.1) is 11.8 Å². The zero-order chi connectivity index (χ0) is 8.81. The molecule has 0 amide bonds. The fourth-order valence-corrected chi connectivity index (χ4v) is 1.56. The highest BCUT2D eigenvalue weighted by Gasteiger charge is 1.97. The van der Waals surface area contributed by atoms with Crippen molar-refractivity contribution in [1.29, 1.82) is 0 Å². The number of hydrogen-bond donors (Lipinski definition) is 0. The van der Waals surface area contributed by atoms with Crippen molar-refractivity contribution in [1.82, 2.24) is 0 Å². The Labute approximate surface area is 75.7 Å². The average molecular weight is 179 g/mol. The van der Waals surface area contributed by atoms with Crippen LogP contribution in [0.15, 0.2) is 34.2 Å². The molecule has 0 fully saturated rings. The van der Waals surface area contributed by atoms with Gasteiger partial charge < -0.3 is 0 Å². The van der Waals surface area contributed by atoms with Crippen LogP contribution in [-0.4, -0.2) is 12.3 Å². The summed E-state index contributed by atoms with van der Waals surface area (Å²) in [5.74, 6) is 0. The minimum absolute atomic E-state index is 0.431. The van der Waals surface area contributed by atoms with Gasteiger partial charge in [0.05, 0.1) is 6.54 Å². The van der Waals surface area contributed by atoms with E-state index in [1.54, 1.807) is 11.8 Å². The summed E-state index contributed by atoms with van der Waals surface area (Å²) in [5.41, 5.74) is 1.08. The highest BCUT2D eigenvalue weighted by molar-refractivity contribution is 7.98. The molecule has 0 heterocycles. The smallest absolute Gasteiger partial charge is 0.211 e. The van der Waals surface area contributed by atoms with Crippen LogP contribution in [0.25, 0.3) is 0 Å². The third kappa shape index (κ3) is 2.22. The lowest BCUT2D eigenvalue weighted by atomic mass is 10.2. The molecule has 0 radical (unpaired) electrons. The number of carbonyl (C=O) groups excluding carboxylic acids is 1. The number of thioether (sulfide) groups is 1. The Morgan fingerprint density at radius 1 is 1.50 bits per heavy atom. The zero-order valence-electron chi connectivity index (χ0n) is 6.78. The van der Waals surface area contributed by atoms with Crippen LogP contribution in [0.3, 0.4) is 0 Å². The van der Waals surface area contributed by atoms with Crippen molar-refractivity contribution < 1.29 is 4.79 Å². The molecule has 1 rings (SSSR count). The Kier molecular flexibility index (Phi) is 3.58. The predicted molar refractivity (Wildman–Crippen MR) is 50.0 cm³/mol. The first kappa shape index (κ1) is 9.04. The monoisotopic (exact) mass is 179 g/mol. The van der Waals surface area contributed by atoms with E-state index in [4.69, 9.17) is 0 Å². The second-order valence-corrected chi connectivity index (χ2v) is 3.07. The lowest BCUT2D eigenvalue weighted by Gasteiger charge is -2.01. The molecule has 0 bridgehead atoms. The first-order valence-electron chi connectivity index (χ1n) is 3.54. The van der Waals surface area contributed by atoms with Crippen LogP contribution >= 0.6 is 11.8 Å². The second kappa shape index (κ2) is 4.75. The van der Waals surface area contributed by atoms with Gasteiger partial charge in [-0.25, -0.2) is 9.79 Å². The van der Waals surface area contributed by atoms with Crippen LogP contribution in [0.2, 0.25) is 0 Å². The van der Waals surface area contributed by atoms with Crippen LogP contribution in [0, 0.1) is 0 Å². The molecule has 0 aromatic heterocycles. The Balaban J connectivity index is 2.88. The maximum atomic E-state index is 9.88. The third-order valence-corrected chi connectivity index (χ3v) is 2.34. The van der Waals surface area contributed by atoms with Crippen molar-refractivity contribution >= 4 is 17.8 Å². The first-order valence-corrected chi connectivity index (χ1v) is 4.76. The molecule has 12 heavy (non-hydrogen) atoms. The Hall–Kier alpha value is -1.05. The number of aliphatic imine (C=N–C) groups is 1. The van der Waals surface area contributed by atoms with Gasteiger partial charge in [-0.3, -0.25) is 0 Å². The van der Waals surface area contributed by atoms with Gasteiger partial charge in [0.2, 0.25) is 6.08 Å². The van der Waals surface area contributed by atoms with Crippen molar-refractivity contribution in [3.63, 3.8) is 0 Å². The normalized spacial score (nSPS) is 9.08. The van der Waals surface area contributed by atoms with Crippen molar-refractivity contribution in [2.75, 3.05) is 6.26 Å². The van der Waals surface area contributed by atoms with Gasteiger partial charge >= 0.3 is 0 Å². The van der Waals surface area contributed by atoms with E-state index >= 15 is 0 Å². The van der Waals surface area contributed by atoms with Crippen molar-refractivity contribution in [3.8, 4) is 0 Å². The summed E-state index contributed by atoms with van der Waals surface area (Å²) in [7, 11) is 0. The minimum atomic E-state index is 0.431. The number of nitrogens with zero attached hydrogens (tertiary/aromatic N) is 1. The first-order chi connectivity index (χ1) is 5.88. The molecule has 1 aromatic rings. The molecular formula is C9H9NOS. The molecule has 0 aliphatic rings. The van der Waals surface area contributed by atoms with Crippen molar-refractivity contribution in [3.05, 3.63) is 29.8 Å². The van der Waals surface area contributed by atoms with Gasteiger partial charge in [0.25, 0.3) is 0 Å². The van der Waals surface area contributed by atoms with E-state index in [2.05, 4.69) is 4.99 Å². The Bertz CT molecular complexity index is 305. The molecule has 0 saturated carbocycles. The molecule has 0 spiro atoms. The summed E-state index contributed by atoms with van der Waals surface area (Å²) in [4.78, 5) is 14.6. The average Bonchev–Trinajstić information content (AvgIpc) is 2.15. The van der Waals surface area contributed by atoms with Crippen molar-refractivity contribution in [2.24, 2.45) is 4.99 Å². The van der Waals surface area contributed by atoms with Crippen LogP contribution in [-0.2, 0) is 11.3 Å². The summed E-state index contributed by atoms with van der Waals surface area (Å²) >= 11 is 1.66. The molecule has 62 valence electrons. The second-order valence-electron chi connectivity index (χ2n) is 2.22. The van der Waals surface area contributed by atoms with E-state index < -0.39 is 0 Å². The number of rotatable bonds is 3. The lowest BCUT2D eigenvalue weighted by Crippen LogP contribution is -1.83. The zero-order valence-corrected chi connectivity index (χ0v) is 7.60. The van der Waals surface area contributed by atoms with E-state index in [-0.39, 0.29) is 0 Å². The van der Waals surface area contributed by atoms with Gasteiger partial charge in [-0.1, -0.05) is 18.2 Å². The van der Waals surface area contributed by atoms with E-state index in [0.717, 1.165) is 10.5 Å². The van der Waals surface area contributed by atoms with Crippen LogP contribution in [0.4, 0.5) is 0 Å². The van der Waals surface area contributed by atoms with Gasteiger partial charge in [-0.2, -0.15) is 0 Å². The van der Waals surface area contributed by atoms with E-state index in [1.165, 1.54) is 6.08 Å². The lowest BCUT2D eigenvalue weighted by molar-refractivity contribution is 0.562. The summed E-state index contributed by atoms with van der Waals surface area (Å²) in [5, 5.41) is 0. The van der Waals surface area contributed by atoms with Crippen LogP contribution < -0.4 is 0 Å². The van der Waals surface area contributed by atoms with Crippen LogP contribution in [0.1, 0.15) is 5.56 Å². The van der Waals surface area contributed by atoms with Gasteiger partial charge in [0, 0.05) is 4.90 Å². The standard InChI is InChI=1S/C9H9NOS/c1-12-9-5-3-2-4-8(9)6-10-7-11/h2-5H,6H2,1H3. The number of isocyanates is 1. The third-order valence-electron chi connectivity index (χ3n) is 1.51. The van der Waals surface area contributed by atoms with E-state index in [0.29, 0.717) is 6.54 Å². The minimum Gasteiger partial charge on any atom is -0.211 e. The molecule has 0 saturated heterocycles. The SMILES string of the molecule is CSc1ccccc1CN=C=O. The highest BCUT2D eigenvalue weighted by atomic mass is 32.2. The molecular weight excluding hydrogens is 170 g/mol. The maximum Gasteiger partial charge on any atom is 0.235 e. The van der Waals surface area contributed by atoms with Crippen LogP contribution in [0.5, 0.6) is 0 Å². The van der Waals surface area contributed by atoms with Gasteiger partial charge in [0.15, 0.2) is 0 Å². The molecule has 0 aliphatic carbocycles.